The third-order valence-corrected chi connectivity index (χ3v) is 4.73. The number of aliphatic hydroxyl groups excluding tert-OH is 1. The van der Waals surface area contributed by atoms with E-state index in [4.69, 9.17) is 9.88 Å². The van der Waals surface area contributed by atoms with Crippen LogP contribution in [0.3, 0.4) is 0 Å². The predicted octanol–water partition coefficient (Wildman–Crippen LogP) is 0.329. The number of methoxy groups -OCH3 is 1. The molecule has 1 aliphatic heterocycles. The average Bonchev–Trinajstić information content (AvgIpc) is 2.52. The highest BCUT2D eigenvalue weighted by Crippen LogP contribution is 2.28. The second kappa shape index (κ2) is 6.64. The van der Waals surface area contributed by atoms with Crippen LogP contribution in [0.2, 0.25) is 0 Å². The Morgan fingerprint density at radius 2 is 2.23 bits per heavy atom. The average molecular weight is 328 g/mol. The third-order valence-electron chi connectivity index (χ3n) is 3.82. The van der Waals surface area contributed by atoms with Gasteiger partial charge in [-0.25, -0.2) is 18.4 Å². The summed E-state index contributed by atoms with van der Waals surface area (Å²) in [5, 5.41) is 14.4. The van der Waals surface area contributed by atoms with Gasteiger partial charge in [0.15, 0.2) is 0 Å². The molecule has 3 N–H and O–H groups in total. The Morgan fingerprint density at radius 1 is 1.50 bits per heavy atom. The van der Waals surface area contributed by atoms with Gasteiger partial charge in [-0.05, 0) is 37.0 Å². The summed E-state index contributed by atoms with van der Waals surface area (Å²) in [5.74, 6) is -0.483. The van der Waals surface area contributed by atoms with E-state index >= 15 is 0 Å². The number of anilines is 1. The molecule has 0 spiro atoms. The molecule has 1 aromatic carbocycles. The summed E-state index contributed by atoms with van der Waals surface area (Å²) in [4.78, 5) is 13.8. The van der Waals surface area contributed by atoms with Crippen molar-refractivity contribution in [3.63, 3.8) is 0 Å². The minimum atomic E-state index is -3.90. The van der Waals surface area contributed by atoms with Gasteiger partial charge in [-0.3, -0.25) is 0 Å². The number of esters is 1. The number of nitrogens with zero attached hydrogens (tertiary/aromatic N) is 1. The largest absolute Gasteiger partial charge is 0.465 e. The molecule has 2 rings (SSSR count). The number of ether oxygens (including phenoxy) is 1. The molecule has 1 fully saturated rings. The summed E-state index contributed by atoms with van der Waals surface area (Å²) in [7, 11) is -2.66. The minimum Gasteiger partial charge on any atom is -0.465 e. The fraction of sp³-hybridized carbons (Fsp3) is 0.500. The number of carbonyl (C=O) groups is 1. The number of aliphatic hydroxyl groups is 1. The van der Waals surface area contributed by atoms with E-state index in [9.17, 15) is 18.3 Å². The molecule has 0 bridgehead atoms. The highest BCUT2D eigenvalue weighted by Gasteiger charge is 2.25. The van der Waals surface area contributed by atoms with Gasteiger partial charge in [0.25, 0.3) is 0 Å². The Hall–Kier alpha value is -1.64. The lowest BCUT2D eigenvalue weighted by atomic mass is 9.97. The first-order chi connectivity index (χ1) is 10.4. The van der Waals surface area contributed by atoms with Crippen molar-refractivity contribution in [3.8, 4) is 0 Å². The van der Waals surface area contributed by atoms with Crippen molar-refractivity contribution >= 4 is 21.7 Å². The first-order valence-electron chi connectivity index (χ1n) is 6.97. The number of sulfonamides is 1. The molecule has 1 aliphatic rings. The highest BCUT2D eigenvalue weighted by molar-refractivity contribution is 7.89. The number of carbonyl (C=O) groups excluding carboxylic acids is 1. The molecule has 1 aromatic rings. The molecule has 1 atom stereocenters. The summed E-state index contributed by atoms with van der Waals surface area (Å²) in [6, 6.07) is 4.17. The van der Waals surface area contributed by atoms with Crippen molar-refractivity contribution in [2.75, 3.05) is 31.7 Å². The molecule has 1 saturated heterocycles. The number of nitrogens with two attached hydrogens (primary N) is 1. The predicted molar refractivity (Wildman–Crippen MR) is 81.2 cm³/mol. The van der Waals surface area contributed by atoms with E-state index in [1.807, 2.05) is 4.90 Å². The van der Waals surface area contributed by atoms with Crippen LogP contribution in [0.1, 0.15) is 23.2 Å². The lowest BCUT2D eigenvalue weighted by molar-refractivity contribution is 0.0601. The van der Waals surface area contributed by atoms with Crippen molar-refractivity contribution in [3.05, 3.63) is 23.8 Å². The molecule has 8 heteroatoms. The molecule has 0 amide bonds. The van der Waals surface area contributed by atoms with E-state index in [0.717, 1.165) is 19.4 Å². The van der Waals surface area contributed by atoms with E-state index in [2.05, 4.69) is 0 Å². The number of piperidine rings is 1. The maximum absolute atomic E-state index is 12.0. The molecular weight excluding hydrogens is 308 g/mol. The Labute approximate surface area is 129 Å². The number of benzene rings is 1. The molecule has 0 aliphatic carbocycles. The van der Waals surface area contributed by atoms with Gasteiger partial charge >= 0.3 is 5.97 Å². The molecule has 7 nitrogen and oxygen atoms in total. The van der Waals surface area contributed by atoms with Gasteiger partial charge in [0.05, 0.1) is 23.3 Å². The van der Waals surface area contributed by atoms with E-state index in [-0.39, 0.29) is 23.0 Å². The second-order valence-electron chi connectivity index (χ2n) is 5.35. The Kier molecular flexibility index (Phi) is 5.05. The number of hydrogen-bond donors (Lipinski definition) is 2. The zero-order valence-electron chi connectivity index (χ0n) is 12.4. The molecule has 0 aromatic heterocycles. The third kappa shape index (κ3) is 3.57. The molecule has 1 heterocycles. The zero-order valence-corrected chi connectivity index (χ0v) is 13.2. The standard InChI is InChI=1S/C14H20N2O5S/c1-21-14(18)12-7-11(22(15,19)20)4-5-13(12)16-6-2-3-10(8-16)9-17/h4-5,7,10,17H,2-3,6,8-9H2,1H3,(H2,15,19,20)/t10-/m0/s1. The van der Waals surface area contributed by atoms with Gasteiger partial charge in [0.2, 0.25) is 10.0 Å². The van der Waals surface area contributed by atoms with E-state index < -0.39 is 16.0 Å². The summed E-state index contributed by atoms with van der Waals surface area (Å²) in [6.45, 7) is 1.42. The van der Waals surface area contributed by atoms with Gasteiger partial charge in [0, 0.05) is 19.7 Å². The molecular formula is C14H20N2O5S. The maximum atomic E-state index is 12.0. The number of primary sulfonamides is 1. The fourth-order valence-corrected chi connectivity index (χ4v) is 3.21. The SMILES string of the molecule is COC(=O)c1cc(S(N)(=O)=O)ccc1N1CCC[C@H](CO)C1. The number of hydrogen-bond acceptors (Lipinski definition) is 6. The molecule has 122 valence electrons. The molecule has 0 unspecified atom stereocenters. The van der Waals surface area contributed by atoms with Crippen LogP contribution in [-0.4, -0.2) is 46.3 Å². The van der Waals surface area contributed by atoms with Crippen LogP contribution in [-0.2, 0) is 14.8 Å². The van der Waals surface area contributed by atoms with Crippen LogP contribution in [0, 0.1) is 5.92 Å². The maximum Gasteiger partial charge on any atom is 0.340 e. The van der Waals surface area contributed by atoms with Crippen LogP contribution in [0.25, 0.3) is 0 Å². The second-order valence-corrected chi connectivity index (χ2v) is 6.91. The summed E-state index contributed by atoms with van der Waals surface area (Å²) < 4.78 is 27.7. The zero-order chi connectivity index (χ0) is 16.3. The quantitative estimate of drug-likeness (QED) is 0.771. The van der Waals surface area contributed by atoms with Gasteiger partial charge in [0.1, 0.15) is 0 Å². The molecule has 0 radical (unpaired) electrons. The van der Waals surface area contributed by atoms with Crippen LogP contribution in [0.15, 0.2) is 23.1 Å². The van der Waals surface area contributed by atoms with Gasteiger partial charge < -0.3 is 14.7 Å². The van der Waals surface area contributed by atoms with Crippen LogP contribution >= 0.6 is 0 Å². The summed E-state index contributed by atoms with van der Waals surface area (Å²) >= 11 is 0. The van der Waals surface area contributed by atoms with Crippen LogP contribution < -0.4 is 10.0 Å². The summed E-state index contributed by atoms with van der Waals surface area (Å²) in [5.41, 5.74) is 0.755. The Balaban J connectivity index is 2.44. The monoisotopic (exact) mass is 328 g/mol. The molecule has 0 saturated carbocycles. The topological polar surface area (TPSA) is 110 Å². The first-order valence-corrected chi connectivity index (χ1v) is 8.52. The van der Waals surface area contributed by atoms with E-state index in [1.54, 1.807) is 6.07 Å². The fourth-order valence-electron chi connectivity index (χ4n) is 2.67. The highest BCUT2D eigenvalue weighted by atomic mass is 32.2. The van der Waals surface area contributed by atoms with E-state index in [1.165, 1.54) is 19.2 Å². The van der Waals surface area contributed by atoms with Crippen molar-refractivity contribution in [2.45, 2.75) is 17.7 Å². The Morgan fingerprint density at radius 3 is 2.82 bits per heavy atom. The van der Waals surface area contributed by atoms with Gasteiger partial charge in [-0.1, -0.05) is 0 Å². The van der Waals surface area contributed by atoms with Crippen molar-refractivity contribution in [2.24, 2.45) is 11.1 Å². The number of rotatable bonds is 4. The van der Waals surface area contributed by atoms with Crippen molar-refractivity contribution in [1.29, 1.82) is 0 Å². The normalized spacial score (nSPS) is 19.0. The minimum absolute atomic E-state index is 0.0827. The van der Waals surface area contributed by atoms with Gasteiger partial charge in [-0.2, -0.15) is 0 Å². The lowest BCUT2D eigenvalue weighted by Crippen LogP contribution is -2.37. The Bertz CT molecular complexity index is 659. The van der Waals surface area contributed by atoms with E-state index in [0.29, 0.717) is 12.2 Å². The lowest BCUT2D eigenvalue weighted by Gasteiger charge is -2.34. The van der Waals surface area contributed by atoms with Crippen LogP contribution in [0.4, 0.5) is 5.69 Å². The van der Waals surface area contributed by atoms with Gasteiger partial charge in [-0.15, -0.1) is 0 Å². The van der Waals surface area contributed by atoms with Crippen molar-refractivity contribution in [1.82, 2.24) is 0 Å². The first kappa shape index (κ1) is 16.7. The summed E-state index contributed by atoms with van der Waals surface area (Å²) in [6.07, 6.45) is 1.82. The molecule has 22 heavy (non-hydrogen) atoms. The van der Waals surface area contributed by atoms with Crippen LogP contribution in [0.5, 0.6) is 0 Å². The smallest absolute Gasteiger partial charge is 0.340 e. The van der Waals surface area contributed by atoms with Crippen molar-refractivity contribution < 1.29 is 23.1 Å².